The summed E-state index contributed by atoms with van der Waals surface area (Å²) in [6.45, 7) is 7.73. The summed E-state index contributed by atoms with van der Waals surface area (Å²) in [5, 5.41) is 9.11. The molecule has 1 fully saturated rings. The first kappa shape index (κ1) is 24.4. The van der Waals surface area contributed by atoms with Gasteiger partial charge in [0, 0.05) is 26.2 Å². The summed E-state index contributed by atoms with van der Waals surface area (Å²) in [4.78, 5) is 14.9. The highest BCUT2D eigenvalue weighted by molar-refractivity contribution is 7.99. The van der Waals surface area contributed by atoms with Crippen LogP contribution < -0.4 is 0 Å². The molecule has 4 rings (SSSR count). The minimum atomic E-state index is -3.57. The first-order valence-corrected chi connectivity index (χ1v) is 13.6. The van der Waals surface area contributed by atoms with Gasteiger partial charge in [-0.1, -0.05) is 48.2 Å². The fourth-order valence-corrected chi connectivity index (χ4v) is 6.23. The fraction of sp³-hybridized carbons (Fsp3) is 0.375. The number of hydrogen-bond donors (Lipinski definition) is 0. The lowest BCUT2D eigenvalue weighted by molar-refractivity contribution is -0.129. The SMILES string of the molecule is Cc1ccc(S(=O)(=O)N2CCN(C(=O)CSc3nnc(C)n3Cc3ccccc3)CC2)cc1C. The molecule has 1 saturated heterocycles. The van der Waals surface area contributed by atoms with Crippen molar-refractivity contribution in [3.05, 3.63) is 71.0 Å². The van der Waals surface area contributed by atoms with Crippen LogP contribution in [-0.2, 0) is 21.4 Å². The number of nitrogens with zero attached hydrogens (tertiary/aromatic N) is 5. The minimum absolute atomic E-state index is 0.0276. The molecule has 2 heterocycles. The van der Waals surface area contributed by atoms with Gasteiger partial charge in [0.25, 0.3) is 0 Å². The van der Waals surface area contributed by atoms with Crippen molar-refractivity contribution in [2.75, 3.05) is 31.9 Å². The molecular formula is C24H29N5O3S2. The highest BCUT2D eigenvalue weighted by atomic mass is 32.2. The Labute approximate surface area is 205 Å². The van der Waals surface area contributed by atoms with Crippen molar-refractivity contribution in [1.29, 1.82) is 0 Å². The number of sulfonamides is 1. The Hall–Kier alpha value is -2.69. The lowest BCUT2D eigenvalue weighted by Crippen LogP contribution is -2.51. The summed E-state index contributed by atoms with van der Waals surface area (Å²) in [6.07, 6.45) is 0. The Kier molecular flexibility index (Phi) is 7.39. The molecule has 34 heavy (non-hydrogen) atoms. The zero-order valence-corrected chi connectivity index (χ0v) is 21.3. The molecule has 0 aliphatic carbocycles. The van der Waals surface area contributed by atoms with Crippen LogP contribution in [0.15, 0.2) is 58.6 Å². The zero-order chi connectivity index (χ0) is 24.3. The predicted octanol–water partition coefficient (Wildman–Crippen LogP) is 2.88. The van der Waals surface area contributed by atoms with Crippen molar-refractivity contribution in [2.24, 2.45) is 0 Å². The first-order chi connectivity index (χ1) is 16.3. The number of carbonyl (C=O) groups excluding carboxylic acids is 1. The molecule has 0 unspecified atom stereocenters. The second kappa shape index (κ2) is 10.3. The van der Waals surface area contributed by atoms with Gasteiger partial charge in [0.2, 0.25) is 15.9 Å². The highest BCUT2D eigenvalue weighted by Crippen LogP contribution is 2.22. The molecule has 0 atom stereocenters. The average molecular weight is 500 g/mol. The molecule has 1 aromatic heterocycles. The van der Waals surface area contributed by atoms with E-state index in [-0.39, 0.29) is 24.7 Å². The molecule has 0 bridgehead atoms. The van der Waals surface area contributed by atoms with Crippen LogP contribution in [0, 0.1) is 20.8 Å². The summed E-state index contributed by atoms with van der Waals surface area (Å²) >= 11 is 1.36. The molecule has 0 spiro atoms. The van der Waals surface area contributed by atoms with Crippen LogP contribution in [0.1, 0.15) is 22.5 Å². The first-order valence-electron chi connectivity index (χ1n) is 11.2. The minimum Gasteiger partial charge on any atom is -0.339 e. The molecule has 180 valence electrons. The van der Waals surface area contributed by atoms with E-state index >= 15 is 0 Å². The molecule has 0 radical (unpaired) electrons. The topological polar surface area (TPSA) is 88.4 Å². The third-order valence-electron chi connectivity index (χ3n) is 6.12. The van der Waals surface area contributed by atoms with Gasteiger partial charge in [-0.15, -0.1) is 10.2 Å². The second-order valence-corrected chi connectivity index (χ2v) is 11.3. The Morgan fingerprint density at radius 2 is 1.65 bits per heavy atom. The standard InChI is InChI=1S/C24H29N5O3S2/c1-18-9-10-22(15-19(18)2)34(31,32)28-13-11-27(12-14-28)23(30)17-33-24-26-25-20(3)29(24)16-21-7-5-4-6-8-21/h4-10,15H,11-14,16-17H2,1-3H3. The number of thioether (sulfide) groups is 1. The van der Waals surface area contributed by atoms with E-state index in [4.69, 9.17) is 0 Å². The van der Waals surface area contributed by atoms with Gasteiger partial charge in [0.1, 0.15) is 5.82 Å². The smallest absolute Gasteiger partial charge is 0.243 e. The number of aromatic nitrogens is 3. The van der Waals surface area contributed by atoms with E-state index in [0.29, 0.717) is 29.7 Å². The molecule has 1 aliphatic rings. The van der Waals surface area contributed by atoms with E-state index in [2.05, 4.69) is 10.2 Å². The zero-order valence-electron chi connectivity index (χ0n) is 19.6. The van der Waals surface area contributed by atoms with Gasteiger partial charge in [-0.05, 0) is 49.6 Å². The molecule has 0 N–H and O–H groups in total. The summed E-state index contributed by atoms with van der Waals surface area (Å²) in [6, 6.07) is 15.2. The number of carbonyl (C=O) groups is 1. The van der Waals surface area contributed by atoms with E-state index in [0.717, 1.165) is 22.5 Å². The van der Waals surface area contributed by atoms with Crippen LogP contribution in [0.5, 0.6) is 0 Å². The van der Waals surface area contributed by atoms with Crippen LogP contribution in [0.2, 0.25) is 0 Å². The number of rotatable bonds is 7. The molecule has 8 nitrogen and oxygen atoms in total. The van der Waals surface area contributed by atoms with Crippen LogP contribution in [0.4, 0.5) is 0 Å². The molecule has 1 aliphatic heterocycles. The van der Waals surface area contributed by atoms with Crippen LogP contribution >= 0.6 is 11.8 Å². The highest BCUT2D eigenvalue weighted by Gasteiger charge is 2.30. The summed E-state index contributed by atoms with van der Waals surface area (Å²) in [7, 11) is -3.57. The second-order valence-electron chi connectivity index (χ2n) is 8.42. The van der Waals surface area contributed by atoms with E-state index < -0.39 is 10.0 Å². The van der Waals surface area contributed by atoms with Crippen molar-refractivity contribution in [3.8, 4) is 0 Å². The van der Waals surface area contributed by atoms with Gasteiger partial charge in [0.15, 0.2) is 5.16 Å². The Bertz CT molecular complexity index is 1270. The van der Waals surface area contributed by atoms with E-state index in [1.807, 2.05) is 61.7 Å². The van der Waals surface area contributed by atoms with Gasteiger partial charge >= 0.3 is 0 Å². The maximum atomic E-state index is 13.0. The van der Waals surface area contributed by atoms with Crippen molar-refractivity contribution in [1.82, 2.24) is 24.0 Å². The largest absolute Gasteiger partial charge is 0.339 e. The van der Waals surface area contributed by atoms with Gasteiger partial charge in [-0.2, -0.15) is 4.31 Å². The molecule has 1 amide bonds. The quantitative estimate of drug-likeness (QED) is 0.465. The number of aryl methyl sites for hydroxylation is 3. The van der Waals surface area contributed by atoms with Crippen molar-refractivity contribution >= 4 is 27.7 Å². The van der Waals surface area contributed by atoms with Gasteiger partial charge in [-0.25, -0.2) is 8.42 Å². The molecular weight excluding hydrogens is 470 g/mol. The molecule has 10 heteroatoms. The Morgan fingerprint density at radius 3 is 2.32 bits per heavy atom. The normalized spacial score (nSPS) is 15.0. The monoisotopic (exact) mass is 499 g/mol. The fourth-order valence-electron chi connectivity index (χ4n) is 3.84. The lowest BCUT2D eigenvalue weighted by Gasteiger charge is -2.34. The van der Waals surface area contributed by atoms with E-state index in [9.17, 15) is 13.2 Å². The Morgan fingerprint density at radius 1 is 0.941 bits per heavy atom. The lowest BCUT2D eigenvalue weighted by atomic mass is 10.1. The van der Waals surface area contributed by atoms with Crippen molar-refractivity contribution < 1.29 is 13.2 Å². The number of piperazine rings is 1. The summed E-state index contributed by atoms with van der Waals surface area (Å²) in [5.74, 6) is 1.00. The van der Waals surface area contributed by atoms with E-state index in [1.54, 1.807) is 17.0 Å². The maximum Gasteiger partial charge on any atom is 0.243 e. The van der Waals surface area contributed by atoms with Gasteiger partial charge in [0.05, 0.1) is 17.2 Å². The summed E-state index contributed by atoms with van der Waals surface area (Å²) < 4.78 is 29.5. The maximum absolute atomic E-state index is 13.0. The Balaban J connectivity index is 1.34. The molecule has 0 saturated carbocycles. The number of benzene rings is 2. The number of amides is 1. The predicted molar refractivity (Wildman–Crippen MR) is 132 cm³/mol. The average Bonchev–Trinajstić information content (AvgIpc) is 3.19. The van der Waals surface area contributed by atoms with Crippen molar-refractivity contribution in [2.45, 2.75) is 37.4 Å². The number of hydrogen-bond acceptors (Lipinski definition) is 6. The van der Waals surface area contributed by atoms with Crippen molar-refractivity contribution in [3.63, 3.8) is 0 Å². The van der Waals surface area contributed by atoms with E-state index in [1.165, 1.54) is 16.1 Å². The van der Waals surface area contributed by atoms with Gasteiger partial charge < -0.3 is 9.47 Å². The molecule has 3 aromatic rings. The summed E-state index contributed by atoms with van der Waals surface area (Å²) in [5.41, 5.74) is 3.14. The third kappa shape index (κ3) is 5.34. The van der Waals surface area contributed by atoms with Crippen LogP contribution in [-0.4, -0.2) is 70.2 Å². The van der Waals surface area contributed by atoms with Crippen LogP contribution in [0.3, 0.4) is 0 Å². The van der Waals surface area contributed by atoms with Crippen LogP contribution in [0.25, 0.3) is 0 Å². The van der Waals surface area contributed by atoms with Gasteiger partial charge in [-0.3, -0.25) is 4.79 Å². The molecule has 2 aromatic carbocycles. The third-order valence-corrected chi connectivity index (χ3v) is 8.96.